The third-order valence-electron chi connectivity index (χ3n) is 3.06. The fraction of sp³-hybridized carbons (Fsp3) is 0.133. The number of benzene rings is 2. The van der Waals surface area contributed by atoms with Gasteiger partial charge in [0.05, 0.1) is 17.2 Å². The maximum atomic E-state index is 9.26. The molecule has 18 heavy (non-hydrogen) atoms. The lowest BCUT2D eigenvalue weighted by atomic mass is 10.1. The van der Waals surface area contributed by atoms with Gasteiger partial charge in [-0.05, 0) is 17.7 Å². The van der Waals surface area contributed by atoms with Crippen LogP contribution in [0.4, 0.5) is 0 Å². The van der Waals surface area contributed by atoms with Crippen LogP contribution in [0.1, 0.15) is 10.6 Å². The number of aromatic nitrogens is 1. The Morgan fingerprint density at radius 3 is 2.67 bits per heavy atom. The van der Waals surface area contributed by atoms with Gasteiger partial charge in [0.2, 0.25) is 0 Å². The lowest BCUT2D eigenvalue weighted by molar-refractivity contribution is 0.284. The van der Waals surface area contributed by atoms with Crippen LogP contribution in [0, 0.1) is 6.92 Å². The van der Waals surface area contributed by atoms with Crippen molar-refractivity contribution >= 4 is 22.1 Å². The highest BCUT2D eigenvalue weighted by molar-refractivity contribution is 7.15. The van der Waals surface area contributed by atoms with Crippen LogP contribution in [-0.4, -0.2) is 10.1 Å². The Balaban J connectivity index is 2.24. The number of aryl methyl sites for hydroxylation is 1. The van der Waals surface area contributed by atoms with Gasteiger partial charge in [-0.2, -0.15) is 0 Å². The molecule has 90 valence electrons. The third-order valence-corrected chi connectivity index (χ3v) is 4.23. The maximum Gasteiger partial charge on any atom is 0.124 e. The molecule has 3 heteroatoms. The van der Waals surface area contributed by atoms with E-state index in [9.17, 15) is 5.11 Å². The maximum absolute atomic E-state index is 9.26. The first-order valence-electron chi connectivity index (χ1n) is 5.85. The summed E-state index contributed by atoms with van der Waals surface area (Å²) in [5, 5.41) is 12.7. The van der Waals surface area contributed by atoms with E-state index in [1.807, 2.05) is 25.1 Å². The number of rotatable bonds is 2. The Labute approximate surface area is 110 Å². The Kier molecular flexibility index (Phi) is 2.86. The molecule has 0 spiro atoms. The van der Waals surface area contributed by atoms with Crippen molar-refractivity contribution < 1.29 is 5.11 Å². The van der Waals surface area contributed by atoms with Crippen molar-refractivity contribution in [3.63, 3.8) is 0 Å². The van der Waals surface area contributed by atoms with E-state index in [1.54, 1.807) is 11.3 Å². The monoisotopic (exact) mass is 255 g/mol. The molecule has 1 aromatic heterocycles. The number of hydrogen-bond donors (Lipinski definition) is 1. The number of nitrogens with zero attached hydrogens (tertiary/aromatic N) is 1. The molecule has 0 saturated carbocycles. The first kappa shape index (κ1) is 11.4. The zero-order valence-corrected chi connectivity index (χ0v) is 10.9. The van der Waals surface area contributed by atoms with Crippen molar-refractivity contribution in [3.05, 3.63) is 53.0 Å². The van der Waals surface area contributed by atoms with Gasteiger partial charge in [-0.3, -0.25) is 0 Å². The van der Waals surface area contributed by atoms with E-state index in [4.69, 9.17) is 0 Å². The molecule has 0 radical (unpaired) electrons. The van der Waals surface area contributed by atoms with Crippen LogP contribution in [0.3, 0.4) is 0 Å². The fourth-order valence-corrected chi connectivity index (χ4v) is 3.06. The molecule has 2 nitrogen and oxygen atoms in total. The van der Waals surface area contributed by atoms with Crippen molar-refractivity contribution in [2.24, 2.45) is 0 Å². The van der Waals surface area contributed by atoms with E-state index >= 15 is 0 Å². The summed E-state index contributed by atoms with van der Waals surface area (Å²) in [4.78, 5) is 5.50. The average molecular weight is 255 g/mol. The van der Waals surface area contributed by atoms with Crippen molar-refractivity contribution in [3.8, 4) is 10.6 Å². The summed E-state index contributed by atoms with van der Waals surface area (Å²) in [6, 6.07) is 14.5. The number of aliphatic hydroxyl groups is 1. The number of thiazole rings is 1. The third kappa shape index (κ3) is 1.82. The van der Waals surface area contributed by atoms with Gasteiger partial charge in [-0.15, -0.1) is 11.3 Å². The summed E-state index contributed by atoms with van der Waals surface area (Å²) in [5.74, 6) is 0. The van der Waals surface area contributed by atoms with Crippen molar-refractivity contribution in [1.29, 1.82) is 0 Å². The highest BCUT2D eigenvalue weighted by Crippen LogP contribution is 2.33. The van der Waals surface area contributed by atoms with Crippen LogP contribution in [0.25, 0.3) is 21.3 Å². The van der Waals surface area contributed by atoms with Crippen LogP contribution in [0.15, 0.2) is 42.5 Å². The summed E-state index contributed by atoms with van der Waals surface area (Å²) >= 11 is 1.57. The van der Waals surface area contributed by atoms with E-state index in [-0.39, 0.29) is 6.61 Å². The van der Waals surface area contributed by atoms with Gasteiger partial charge in [0.15, 0.2) is 0 Å². The van der Waals surface area contributed by atoms with Crippen LogP contribution in [0.5, 0.6) is 0 Å². The lowest BCUT2D eigenvalue weighted by Crippen LogP contribution is -1.81. The molecule has 0 aliphatic heterocycles. The van der Waals surface area contributed by atoms with Gasteiger partial charge in [0.1, 0.15) is 5.01 Å². The van der Waals surface area contributed by atoms with E-state index in [0.717, 1.165) is 21.1 Å². The molecule has 0 amide bonds. The molecule has 0 bridgehead atoms. The van der Waals surface area contributed by atoms with Gasteiger partial charge < -0.3 is 5.11 Å². The second kappa shape index (κ2) is 4.52. The van der Waals surface area contributed by atoms with Gasteiger partial charge in [-0.25, -0.2) is 4.98 Å². The van der Waals surface area contributed by atoms with Crippen molar-refractivity contribution in [2.45, 2.75) is 13.5 Å². The zero-order valence-electron chi connectivity index (χ0n) is 10.1. The van der Waals surface area contributed by atoms with Gasteiger partial charge in [0, 0.05) is 5.56 Å². The Morgan fingerprint density at radius 2 is 1.89 bits per heavy atom. The van der Waals surface area contributed by atoms with Gasteiger partial charge in [0.25, 0.3) is 0 Å². The molecule has 3 rings (SSSR count). The predicted octanol–water partition coefficient (Wildman–Crippen LogP) is 3.76. The molecular weight excluding hydrogens is 242 g/mol. The normalized spacial score (nSPS) is 11.0. The van der Waals surface area contributed by atoms with E-state index in [1.165, 1.54) is 10.8 Å². The number of aliphatic hydroxyl groups excluding tert-OH is 1. The lowest BCUT2D eigenvalue weighted by Gasteiger charge is -2.02. The van der Waals surface area contributed by atoms with E-state index in [0.29, 0.717) is 0 Å². The molecular formula is C15H13NOS. The van der Waals surface area contributed by atoms with Crippen molar-refractivity contribution in [1.82, 2.24) is 4.98 Å². The Bertz CT molecular complexity index is 697. The first-order chi connectivity index (χ1) is 8.79. The molecule has 1 heterocycles. The highest BCUT2D eigenvalue weighted by atomic mass is 32.1. The second-order valence-corrected chi connectivity index (χ2v) is 5.30. The van der Waals surface area contributed by atoms with Gasteiger partial charge >= 0.3 is 0 Å². The summed E-state index contributed by atoms with van der Waals surface area (Å²) in [6.07, 6.45) is 0. The molecule has 2 aromatic carbocycles. The summed E-state index contributed by atoms with van der Waals surface area (Å²) in [5.41, 5.74) is 2.06. The summed E-state index contributed by atoms with van der Waals surface area (Å²) in [7, 11) is 0. The fourth-order valence-electron chi connectivity index (χ4n) is 2.10. The molecule has 0 aliphatic rings. The molecule has 3 aromatic rings. The molecule has 1 N–H and O–H groups in total. The minimum atomic E-state index is 0.0638. The molecule has 0 aliphatic carbocycles. The summed E-state index contributed by atoms with van der Waals surface area (Å²) in [6.45, 7) is 2.00. The Hall–Kier alpha value is -1.71. The Morgan fingerprint density at radius 1 is 1.11 bits per heavy atom. The van der Waals surface area contributed by atoms with Crippen molar-refractivity contribution in [2.75, 3.05) is 0 Å². The van der Waals surface area contributed by atoms with Crippen LogP contribution >= 0.6 is 11.3 Å². The van der Waals surface area contributed by atoms with E-state index < -0.39 is 0 Å². The van der Waals surface area contributed by atoms with Crippen LogP contribution < -0.4 is 0 Å². The minimum absolute atomic E-state index is 0.0638. The number of fused-ring (bicyclic) bond motifs is 1. The predicted molar refractivity (Wildman–Crippen MR) is 75.7 cm³/mol. The second-order valence-electron chi connectivity index (χ2n) is 4.21. The van der Waals surface area contributed by atoms with Gasteiger partial charge in [-0.1, -0.05) is 42.5 Å². The molecule has 0 atom stereocenters. The smallest absolute Gasteiger partial charge is 0.124 e. The first-order valence-corrected chi connectivity index (χ1v) is 6.66. The van der Waals surface area contributed by atoms with Crippen LogP contribution in [-0.2, 0) is 6.61 Å². The number of hydrogen-bond acceptors (Lipinski definition) is 3. The molecule has 0 saturated heterocycles. The highest BCUT2D eigenvalue weighted by Gasteiger charge is 2.10. The minimum Gasteiger partial charge on any atom is -0.391 e. The average Bonchev–Trinajstić information content (AvgIpc) is 2.79. The molecule has 0 fully saturated rings. The van der Waals surface area contributed by atoms with Crippen LogP contribution in [0.2, 0.25) is 0 Å². The topological polar surface area (TPSA) is 33.1 Å². The summed E-state index contributed by atoms with van der Waals surface area (Å²) < 4.78 is 0. The SMILES string of the molecule is Cc1nc(-c2cccc3ccccc23)sc1CO. The van der Waals surface area contributed by atoms with E-state index in [2.05, 4.69) is 29.2 Å². The standard InChI is InChI=1S/C15H13NOS/c1-10-14(9-17)18-15(16-10)13-8-4-6-11-5-2-3-7-12(11)13/h2-8,17H,9H2,1H3. The molecule has 0 unspecified atom stereocenters. The largest absolute Gasteiger partial charge is 0.391 e. The quantitative estimate of drug-likeness (QED) is 0.756. The zero-order chi connectivity index (χ0) is 12.5.